The molecule has 0 unspecified atom stereocenters. The molecule has 0 aromatic carbocycles. The number of hydrogen-bond acceptors (Lipinski definition) is 7. The summed E-state index contributed by atoms with van der Waals surface area (Å²) in [5.41, 5.74) is 1.23. The summed E-state index contributed by atoms with van der Waals surface area (Å²) in [5, 5.41) is 14.4. The highest BCUT2D eigenvalue weighted by atomic mass is 32.2. The van der Waals surface area contributed by atoms with Crippen LogP contribution in [0.1, 0.15) is 44.1 Å². The van der Waals surface area contributed by atoms with Crippen molar-refractivity contribution in [1.82, 2.24) is 9.97 Å². The summed E-state index contributed by atoms with van der Waals surface area (Å²) in [7, 11) is 0. The molecule has 2 N–H and O–H groups in total. The molecule has 0 saturated heterocycles. The average Bonchev–Trinajstić information content (AvgIpc) is 2.93. The standard InChI is InChI=1S/C17H25N3O2S2/c1-4-17(3)9-11-12(10-22-17)24-15-13(11)14(18-7-6-8-21)19-16(20-15)23-5-2/h21H,4-10H2,1-3H3,(H,18,19,20)/t17-/m0/s1. The second-order valence-corrected chi connectivity index (χ2v) is 8.56. The third kappa shape index (κ3) is 3.54. The first-order chi connectivity index (χ1) is 11.6. The van der Waals surface area contributed by atoms with Crippen LogP contribution in [0.3, 0.4) is 0 Å². The quantitative estimate of drug-likeness (QED) is 0.440. The number of thiophene rings is 1. The van der Waals surface area contributed by atoms with E-state index in [2.05, 4.69) is 26.1 Å². The molecule has 0 fully saturated rings. The number of anilines is 1. The predicted molar refractivity (Wildman–Crippen MR) is 101 cm³/mol. The maximum Gasteiger partial charge on any atom is 0.190 e. The van der Waals surface area contributed by atoms with E-state index in [1.807, 2.05) is 0 Å². The molecule has 0 bridgehead atoms. The molecule has 0 spiro atoms. The molecule has 0 saturated carbocycles. The Kier molecular flexibility index (Phi) is 5.64. The Bertz CT molecular complexity index is 719. The van der Waals surface area contributed by atoms with Crippen molar-refractivity contribution in [3.8, 4) is 0 Å². The number of ether oxygens (including phenoxy) is 1. The zero-order valence-electron chi connectivity index (χ0n) is 14.5. The topological polar surface area (TPSA) is 67.3 Å². The minimum Gasteiger partial charge on any atom is -0.396 e. The van der Waals surface area contributed by atoms with Crippen LogP contribution in [0.25, 0.3) is 10.2 Å². The van der Waals surface area contributed by atoms with Gasteiger partial charge in [-0.05, 0) is 31.1 Å². The van der Waals surface area contributed by atoms with Crippen molar-refractivity contribution >= 4 is 39.1 Å². The van der Waals surface area contributed by atoms with E-state index in [1.165, 1.54) is 10.4 Å². The van der Waals surface area contributed by atoms with Crippen molar-refractivity contribution in [2.75, 3.05) is 24.2 Å². The normalized spacial score (nSPS) is 20.3. The van der Waals surface area contributed by atoms with Crippen molar-refractivity contribution in [1.29, 1.82) is 0 Å². The Morgan fingerprint density at radius 2 is 2.21 bits per heavy atom. The van der Waals surface area contributed by atoms with Gasteiger partial charge in [-0.2, -0.15) is 0 Å². The van der Waals surface area contributed by atoms with E-state index in [4.69, 9.17) is 19.8 Å². The minimum absolute atomic E-state index is 0.111. The van der Waals surface area contributed by atoms with Gasteiger partial charge in [-0.3, -0.25) is 0 Å². The third-order valence-corrected chi connectivity index (χ3v) is 6.29. The number of aliphatic hydroxyl groups excluding tert-OH is 1. The van der Waals surface area contributed by atoms with Crippen LogP contribution in [0.2, 0.25) is 0 Å². The summed E-state index contributed by atoms with van der Waals surface area (Å²) in [6, 6.07) is 0. The van der Waals surface area contributed by atoms with E-state index in [1.54, 1.807) is 23.1 Å². The monoisotopic (exact) mass is 367 g/mol. The maximum absolute atomic E-state index is 9.06. The summed E-state index contributed by atoms with van der Waals surface area (Å²) in [5.74, 6) is 1.85. The fourth-order valence-electron chi connectivity index (χ4n) is 2.89. The van der Waals surface area contributed by atoms with Crippen molar-refractivity contribution < 1.29 is 9.84 Å². The largest absolute Gasteiger partial charge is 0.396 e. The lowest BCUT2D eigenvalue weighted by atomic mass is 9.90. The van der Waals surface area contributed by atoms with Crippen LogP contribution in [0.15, 0.2) is 5.16 Å². The van der Waals surface area contributed by atoms with Crippen LogP contribution in [0.5, 0.6) is 0 Å². The molecule has 2 aromatic rings. The van der Waals surface area contributed by atoms with Crippen molar-refractivity contribution in [2.24, 2.45) is 0 Å². The first-order valence-corrected chi connectivity index (χ1v) is 10.3. The molecule has 24 heavy (non-hydrogen) atoms. The van der Waals surface area contributed by atoms with Gasteiger partial charge >= 0.3 is 0 Å². The van der Waals surface area contributed by atoms with Gasteiger partial charge in [-0.25, -0.2) is 9.97 Å². The number of thioether (sulfide) groups is 1. The van der Waals surface area contributed by atoms with Crippen LogP contribution < -0.4 is 5.32 Å². The fourth-order valence-corrected chi connectivity index (χ4v) is 4.62. The van der Waals surface area contributed by atoms with E-state index in [-0.39, 0.29) is 12.2 Å². The number of hydrogen-bond donors (Lipinski definition) is 2. The Morgan fingerprint density at radius 1 is 1.38 bits per heavy atom. The summed E-state index contributed by atoms with van der Waals surface area (Å²) in [6.07, 6.45) is 2.60. The summed E-state index contributed by atoms with van der Waals surface area (Å²) in [4.78, 5) is 11.8. The Labute approximate surface area is 151 Å². The number of nitrogens with one attached hydrogen (secondary N) is 1. The third-order valence-electron chi connectivity index (χ3n) is 4.46. The van der Waals surface area contributed by atoms with Gasteiger partial charge in [0, 0.05) is 24.4 Å². The fraction of sp³-hybridized carbons (Fsp3) is 0.647. The van der Waals surface area contributed by atoms with E-state index in [9.17, 15) is 0 Å². The molecular formula is C17H25N3O2S2. The van der Waals surface area contributed by atoms with E-state index >= 15 is 0 Å². The van der Waals surface area contributed by atoms with E-state index in [0.29, 0.717) is 19.6 Å². The van der Waals surface area contributed by atoms with Crippen LogP contribution in [0.4, 0.5) is 5.82 Å². The van der Waals surface area contributed by atoms with E-state index in [0.717, 1.165) is 39.8 Å². The molecule has 0 amide bonds. The molecule has 7 heteroatoms. The molecule has 132 valence electrons. The van der Waals surface area contributed by atoms with Crippen LogP contribution in [-0.2, 0) is 17.8 Å². The zero-order chi connectivity index (χ0) is 17.2. The van der Waals surface area contributed by atoms with Crippen LogP contribution in [-0.4, -0.2) is 39.6 Å². The van der Waals surface area contributed by atoms with Gasteiger partial charge in [0.2, 0.25) is 0 Å². The van der Waals surface area contributed by atoms with Gasteiger partial charge in [0.15, 0.2) is 5.16 Å². The summed E-state index contributed by atoms with van der Waals surface area (Å²) >= 11 is 3.38. The minimum atomic E-state index is -0.111. The SMILES string of the molecule is CCSc1nc(NCCCO)c2c3c(sc2n1)CO[C@@](C)(CC)C3. The lowest BCUT2D eigenvalue weighted by molar-refractivity contribution is -0.0542. The molecule has 1 aliphatic heterocycles. The molecule has 5 nitrogen and oxygen atoms in total. The van der Waals surface area contributed by atoms with Crippen molar-refractivity contribution in [3.05, 3.63) is 10.4 Å². The molecule has 0 aliphatic carbocycles. The van der Waals surface area contributed by atoms with Gasteiger partial charge in [0.25, 0.3) is 0 Å². The van der Waals surface area contributed by atoms with Crippen molar-refractivity contribution in [2.45, 2.75) is 57.4 Å². The number of aliphatic hydroxyl groups is 1. The van der Waals surface area contributed by atoms with Gasteiger partial charge < -0.3 is 15.2 Å². The summed E-state index contributed by atoms with van der Waals surface area (Å²) < 4.78 is 6.09. The number of fused-ring (bicyclic) bond motifs is 3. The van der Waals surface area contributed by atoms with Crippen molar-refractivity contribution in [3.63, 3.8) is 0 Å². The zero-order valence-corrected chi connectivity index (χ0v) is 16.1. The first-order valence-electron chi connectivity index (χ1n) is 8.54. The lowest BCUT2D eigenvalue weighted by Gasteiger charge is -2.33. The number of aromatic nitrogens is 2. The van der Waals surface area contributed by atoms with Crippen LogP contribution >= 0.6 is 23.1 Å². The second-order valence-electron chi connectivity index (χ2n) is 6.24. The molecular weight excluding hydrogens is 342 g/mol. The number of rotatable bonds is 7. The van der Waals surface area contributed by atoms with E-state index < -0.39 is 0 Å². The highest BCUT2D eigenvalue weighted by Gasteiger charge is 2.33. The maximum atomic E-state index is 9.06. The smallest absolute Gasteiger partial charge is 0.190 e. The van der Waals surface area contributed by atoms with Crippen LogP contribution in [0, 0.1) is 0 Å². The number of nitrogens with zero attached hydrogens (tertiary/aromatic N) is 2. The predicted octanol–water partition coefficient (Wildman–Crippen LogP) is 3.84. The molecule has 3 heterocycles. The molecule has 2 aromatic heterocycles. The van der Waals surface area contributed by atoms with Gasteiger partial charge in [-0.15, -0.1) is 11.3 Å². The molecule has 0 radical (unpaired) electrons. The molecule has 1 atom stereocenters. The first kappa shape index (κ1) is 17.9. The van der Waals surface area contributed by atoms with Gasteiger partial charge in [0.1, 0.15) is 10.6 Å². The summed E-state index contributed by atoms with van der Waals surface area (Å²) in [6.45, 7) is 8.02. The lowest BCUT2D eigenvalue weighted by Crippen LogP contribution is -2.34. The highest BCUT2D eigenvalue weighted by molar-refractivity contribution is 7.99. The second kappa shape index (κ2) is 7.56. The molecule has 1 aliphatic rings. The Hall–Kier alpha value is -0.890. The Balaban J connectivity index is 2.06. The average molecular weight is 368 g/mol. The Morgan fingerprint density at radius 3 is 2.92 bits per heavy atom. The molecule has 3 rings (SSSR count). The van der Waals surface area contributed by atoms with Gasteiger partial charge in [-0.1, -0.05) is 25.6 Å². The highest BCUT2D eigenvalue weighted by Crippen LogP contribution is 2.42. The van der Waals surface area contributed by atoms with Gasteiger partial charge in [0.05, 0.1) is 17.6 Å².